The molecule has 0 radical (unpaired) electrons. The zero-order valence-electron chi connectivity index (χ0n) is 18.8. The van der Waals surface area contributed by atoms with Gasteiger partial charge in [0.2, 0.25) is 0 Å². The van der Waals surface area contributed by atoms with Crippen LogP contribution in [-0.4, -0.2) is 6.61 Å². The Morgan fingerprint density at radius 3 is 2.03 bits per heavy atom. The second-order valence-corrected chi connectivity index (χ2v) is 8.67. The predicted molar refractivity (Wildman–Crippen MR) is 114 cm³/mol. The second kappa shape index (κ2) is 9.53. The highest BCUT2D eigenvalue weighted by atomic mass is 19.3. The molecule has 0 spiro atoms. The summed E-state index contributed by atoms with van der Waals surface area (Å²) in [6, 6.07) is 8.31. The molecule has 0 aromatic heterocycles. The van der Waals surface area contributed by atoms with Crippen molar-refractivity contribution in [3.8, 4) is 16.9 Å². The van der Waals surface area contributed by atoms with E-state index in [4.69, 9.17) is 4.74 Å². The van der Waals surface area contributed by atoms with Crippen LogP contribution in [0.1, 0.15) is 42.6 Å². The van der Waals surface area contributed by atoms with E-state index in [2.05, 4.69) is 11.7 Å². The fourth-order valence-corrected chi connectivity index (χ4v) is 4.01. The minimum atomic E-state index is -4.65. The van der Waals surface area contributed by atoms with Crippen LogP contribution < -0.4 is 4.74 Å². The van der Waals surface area contributed by atoms with Gasteiger partial charge in [-0.25, -0.2) is 22.0 Å². The second-order valence-electron chi connectivity index (χ2n) is 8.67. The highest BCUT2D eigenvalue weighted by Crippen LogP contribution is 2.39. The van der Waals surface area contributed by atoms with E-state index in [1.807, 2.05) is 0 Å². The number of benzene rings is 3. The highest BCUT2D eigenvalue weighted by molar-refractivity contribution is 5.64. The summed E-state index contributed by atoms with van der Waals surface area (Å²) < 4.78 is 109. The van der Waals surface area contributed by atoms with Gasteiger partial charge in [-0.05, 0) is 54.5 Å². The molecular formula is C26H21F7O2. The Balaban J connectivity index is 1.60. The molecule has 2 unspecified atom stereocenters. The minimum Gasteiger partial charge on any atom is -0.428 e. The number of alkyl halides is 2. The summed E-state index contributed by atoms with van der Waals surface area (Å²) in [5, 5.41) is 0. The first-order valence-electron chi connectivity index (χ1n) is 10.9. The number of hydrogen-bond donors (Lipinski definition) is 0. The maximum Gasteiger partial charge on any atom is 0.432 e. The van der Waals surface area contributed by atoms with Gasteiger partial charge in [-0.15, -0.1) is 0 Å². The summed E-state index contributed by atoms with van der Waals surface area (Å²) in [6.45, 7) is 3.59. The molecule has 1 fully saturated rings. The summed E-state index contributed by atoms with van der Waals surface area (Å²) >= 11 is 0. The molecule has 2 atom stereocenters. The Hall–Kier alpha value is -3.07. The van der Waals surface area contributed by atoms with Crippen LogP contribution in [0, 0.1) is 41.9 Å². The van der Waals surface area contributed by atoms with E-state index in [-0.39, 0.29) is 17.7 Å². The molecule has 3 aromatic carbocycles. The Labute approximate surface area is 197 Å². The molecule has 1 aliphatic heterocycles. The normalized spacial score (nSPS) is 18.5. The molecule has 0 N–H and O–H groups in total. The van der Waals surface area contributed by atoms with Crippen molar-refractivity contribution in [1.82, 2.24) is 0 Å². The third kappa shape index (κ3) is 5.00. The zero-order chi connectivity index (χ0) is 25.5. The van der Waals surface area contributed by atoms with Crippen LogP contribution in [0.2, 0.25) is 0 Å². The van der Waals surface area contributed by atoms with E-state index >= 15 is 0 Å². The largest absolute Gasteiger partial charge is 0.432 e. The molecule has 0 bridgehead atoms. The maximum atomic E-state index is 14.7. The van der Waals surface area contributed by atoms with Crippen molar-refractivity contribution in [3.05, 3.63) is 88.2 Å². The van der Waals surface area contributed by atoms with Gasteiger partial charge in [0, 0.05) is 18.2 Å². The smallest absolute Gasteiger partial charge is 0.428 e. The van der Waals surface area contributed by atoms with Crippen molar-refractivity contribution in [1.29, 1.82) is 0 Å². The highest BCUT2D eigenvalue weighted by Gasteiger charge is 2.42. The minimum absolute atomic E-state index is 0.000614. The first-order chi connectivity index (χ1) is 16.5. The van der Waals surface area contributed by atoms with Crippen molar-refractivity contribution < 1.29 is 40.2 Å². The first-order valence-corrected chi connectivity index (χ1v) is 10.9. The van der Waals surface area contributed by atoms with Crippen molar-refractivity contribution in [2.45, 2.75) is 38.9 Å². The Morgan fingerprint density at radius 1 is 0.829 bits per heavy atom. The number of rotatable bonds is 5. The van der Waals surface area contributed by atoms with Crippen molar-refractivity contribution >= 4 is 0 Å². The van der Waals surface area contributed by atoms with Gasteiger partial charge in [-0.2, -0.15) is 8.78 Å². The topological polar surface area (TPSA) is 18.5 Å². The Morgan fingerprint density at radius 2 is 1.46 bits per heavy atom. The van der Waals surface area contributed by atoms with Gasteiger partial charge in [-0.1, -0.05) is 31.2 Å². The van der Waals surface area contributed by atoms with Gasteiger partial charge in [0.1, 0.15) is 22.9 Å². The van der Waals surface area contributed by atoms with Crippen LogP contribution in [0.3, 0.4) is 0 Å². The molecule has 9 heteroatoms. The summed E-state index contributed by atoms with van der Waals surface area (Å²) in [6.07, 6.45) is -2.88. The van der Waals surface area contributed by atoms with Gasteiger partial charge in [0.05, 0.1) is 6.10 Å². The molecule has 1 saturated heterocycles. The van der Waals surface area contributed by atoms with Gasteiger partial charge in [0.25, 0.3) is 0 Å². The molecule has 4 rings (SSSR count). The number of halogens is 7. The van der Waals surface area contributed by atoms with E-state index in [1.54, 1.807) is 24.3 Å². The average Bonchev–Trinajstić information content (AvgIpc) is 2.81. The van der Waals surface area contributed by atoms with E-state index in [1.165, 1.54) is 0 Å². The lowest BCUT2D eigenvalue weighted by molar-refractivity contribution is -0.190. The average molecular weight is 498 g/mol. The van der Waals surface area contributed by atoms with Crippen LogP contribution in [-0.2, 0) is 10.8 Å². The summed E-state index contributed by atoms with van der Waals surface area (Å²) in [5.74, 6) is -9.28. The van der Waals surface area contributed by atoms with Crippen LogP contribution in [0.4, 0.5) is 30.7 Å². The lowest BCUT2D eigenvalue weighted by Crippen LogP contribution is -2.26. The SMILES string of the molecule is Cc1c(OC(F)(F)c2c(F)cc(-c3ccc(C4CCC(C)CO4)cc3)cc2F)cc(F)c(F)c1F. The van der Waals surface area contributed by atoms with Crippen molar-refractivity contribution in [2.75, 3.05) is 6.61 Å². The van der Waals surface area contributed by atoms with E-state index in [9.17, 15) is 30.7 Å². The van der Waals surface area contributed by atoms with Gasteiger partial charge >= 0.3 is 6.11 Å². The monoisotopic (exact) mass is 498 g/mol. The summed E-state index contributed by atoms with van der Waals surface area (Å²) in [7, 11) is 0. The fraction of sp³-hybridized carbons (Fsp3) is 0.308. The molecule has 0 saturated carbocycles. The van der Waals surface area contributed by atoms with Gasteiger partial charge < -0.3 is 9.47 Å². The standard InChI is InChI=1S/C26H21F7O2/c1-13-3-8-21(34-12-13)16-6-4-15(5-7-16)17-9-18(27)23(19(28)10-17)26(32,33)35-22-11-20(29)25(31)24(30)14(22)2/h4-7,9-11,13,21H,3,8,12H2,1-2H3. The Kier molecular flexibility index (Phi) is 6.81. The van der Waals surface area contributed by atoms with Crippen molar-refractivity contribution in [3.63, 3.8) is 0 Å². The predicted octanol–water partition coefficient (Wildman–Crippen LogP) is 7.97. The molecule has 2 nitrogen and oxygen atoms in total. The van der Waals surface area contributed by atoms with Crippen LogP contribution in [0.25, 0.3) is 11.1 Å². The first kappa shape index (κ1) is 25.0. The van der Waals surface area contributed by atoms with Gasteiger partial charge in [-0.3, -0.25) is 0 Å². The fourth-order valence-electron chi connectivity index (χ4n) is 4.01. The lowest BCUT2D eigenvalue weighted by atomic mass is 9.94. The van der Waals surface area contributed by atoms with E-state index in [0.717, 1.165) is 25.3 Å². The van der Waals surface area contributed by atoms with E-state index < -0.39 is 52.1 Å². The van der Waals surface area contributed by atoms with Crippen LogP contribution >= 0.6 is 0 Å². The molecular weight excluding hydrogens is 477 g/mol. The van der Waals surface area contributed by atoms with Crippen molar-refractivity contribution in [2.24, 2.45) is 5.92 Å². The number of hydrogen-bond acceptors (Lipinski definition) is 2. The molecule has 1 aliphatic rings. The molecule has 35 heavy (non-hydrogen) atoms. The van der Waals surface area contributed by atoms with Gasteiger partial charge in [0.15, 0.2) is 17.5 Å². The molecule has 0 aliphatic carbocycles. The lowest BCUT2D eigenvalue weighted by Gasteiger charge is -2.27. The quantitative estimate of drug-likeness (QED) is 0.262. The molecule has 3 aromatic rings. The molecule has 0 amide bonds. The van der Waals surface area contributed by atoms with E-state index in [0.29, 0.717) is 30.2 Å². The summed E-state index contributed by atoms with van der Waals surface area (Å²) in [4.78, 5) is 0. The zero-order valence-corrected chi connectivity index (χ0v) is 18.8. The number of ether oxygens (including phenoxy) is 2. The summed E-state index contributed by atoms with van der Waals surface area (Å²) in [5.41, 5.74) is -1.25. The third-order valence-corrected chi connectivity index (χ3v) is 6.05. The van der Waals surface area contributed by atoms with Crippen LogP contribution in [0.15, 0.2) is 42.5 Å². The van der Waals surface area contributed by atoms with Crippen LogP contribution in [0.5, 0.6) is 5.75 Å². The third-order valence-electron chi connectivity index (χ3n) is 6.05. The molecule has 186 valence electrons. The molecule has 1 heterocycles. The Bertz CT molecular complexity index is 1210. The maximum absolute atomic E-state index is 14.7.